The predicted octanol–water partition coefficient (Wildman–Crippen LogP) is 2.08. The number of likely N-dealkylation sites (N-methyl/N-ethyl adjacent to an activating group) is 1. The maximum absolute atomic E-state index is 6.25. The van der Waals surface area contributed by atoms with Gasteiger partial charge < -0.3 is 10.1 Å². The summed E-state index contributed by atoms with van der Waals surface area (Å²) < 4.78 is 8.02. The summed E-state index contributed by atoms with van der Waals surface area (Å²) in [5, 5.41) is 11.9. The van der Waals surface area contributed by atoms with E-state index in [-0.39, 0.29) is 5.60 Å². The Balaban J connectivity index is 2.14. The van der Waals surface area contributed by atoms with Crippen molar-refractivity contribution in [2.24, 2.45) is 7.05 Å². The smallest absolute Gasteiger partial charge is 0.0843 e. The molecular formula is C15H28N4O. The minimum absolute atomic E-state index is 0.0273. The van der Waals surface area contributed by atoms with Crippen LogP contribution in [0.2, 0.25) is 0 Å². The molecule has 0 amide bonds. The first-order valence-electron chi connectivity index (χ1n) is 7.92. The minimum Gasteiger partial charge on any atom is -0.374 e. The minimum atomic E-state index is -0.0273. The fraction of sp³-hybridized carbons (Fsp3) is 0.867. The van der Waals surface area contributed by atoms with Crippen molar-refractivity contribution in [2.45, 2.75) is 64.0 Å². The van der Waals surface area contributed by atoms with E-state index in [9.17, 15) is 0 Å². The molecule has 1 heterocycles. The molecule has 1 aliphatic carbocycles. The van der Waals surface area contributed by atoms with Gasteiger partial charge >= 0.3 is 0 Å². The third kappa shape index (κ3) is 3.58. The molecule has 1 unspecified atom stereocenters. The highest BCUT2D eigenvalue weighted by Crippen LogP contribution is 2.35. The number of hydrogen-bond donors (Lipinski definition) is 1. The number of aryl methyl sites for hydroxylation is 1. The van der Waals surface area contributed by atoms with Gasteiger partial charge in [0.2, 0.25) is 0 Å². The van der Waals surface area contributed by atoms with Crippen LogP contribution in [-0.2, 0) is 18.2 Å². The molecule has 0 aliphatic heterocycles. The van der Waals surface area contributed by atoms with E-state index in [1.165, 1.54) is 19.3 Å². The van der Waals surface area contributed by atoms with Crippen LogP contribution in [0.15, 0.2) is 6.20 Å². The lowest BCUT2D eigenvalue weighted by molar-refractivity contribution is -0.0896. The summed E-state index contributed by atoms with van der Waals surface area (Å²) >= 11 is 0. The van der Waals surface area contributed by atoms with Crippen molar-refractivity contribution >= 4 is 0 Å². The van der Waals surface area contributed by atoms with Crippen molar-refractivity contribution in [3.8, 4) is 0 Å². The van der Waals surface area contributed by atoms with Crippen molar-refractivity contribution in [1.82, 2.24) is 20.3 Å². The van der Waals surface area contributed by atoms with E-state index < -0.39 is 0 Å². The number of rotatable bonds is 7. The van der Waals surface area contributed by atoms with Crippen molar-refractivity contribution in [3.05, 3.63) is 11.9 Å². The van der Waals surface area contributed by atoms with Crippen LogP contribution in [0, 0.1) is 0 Å². The molecule has 20 heavy (non-hydrogen) atoms. The Morgan fingerprint density at radius 2 is 2.10 bits per heavy atom. The molecule has 2 rings (SSSR count). The summed E-state index contributed by atoms with van der Waals surface area (Å²) in [6, 6.07) is 0.324. The topological polar surface area (TPSA) is 52.0 Å². The molecule has 5 heteroatoms. The lowest BCUT2D eigenvalue weighted by Crippen LogP contribution is -2.55. The molecule has 114 valence electrons. The zero-order chi connectivity index (χ0) is 14.4. The average Bonchev–Trinajstić information content (AvgIpc) is 2.85. The number of nitrogens with one attached hydrogen (secondary N) is 1. The molecule has 1 aromatic heterocycles. The first-order valence-corrected chi connectivity index (χ1v) is 7.92. The maximum Gasteiger partial charge on any atom is 0.0843 e. The summed E-state index contributed by atoms with van der Waals surface area (Å²) in [6.07, 6.45) is 9.07. The van der Waals surface area contributed by atoms with Gasteiger partial charge in [-0.1, -0.05) is 31.4 Å². The van der Waals surface area contributed by atoms with Gasteiger partial charge in [0.05, 0.1) is 11.3 Å². The van der Waals surface area contributed by atoms with Gasteiger partial charge in [-0.25, -0.2) is 0 Å². The Bertz CT molecular complexity index is 393. The second-order valence-corrected chi connectivity index (χ2v) is 5.76. The van der Waals surface area contributed by atoms with Crippen molar-refractivity contribution in [1.29, 1.82) is 0 Å². The third-order valence-electron chi connectivity index (χ3n) is 4.28. The number of ether oxygens (including phenoxy) is 1. The Kier molecular flexibility index (Phi) is 5.54. The van der Waals surface area contributed by atoms with Crippen molar-refractivity contribution in [3.63, 3.8) is 0 Å². The second kappa shape index (κ2) is 7.18. The molecule has 1 atom stereocenters. The lowest BCUT2D eigenvalue weighted by atomic mass is 9.77. The SMILES string of the molecule is CCNC(Cc1cn(C)nn1)C1(OCC)CCCCC1. The summed E-state index contributed by atoms with van der Waals surface area (Å²) in [6.45, 7) is 6.00. The number of aromatic nitrogens is 3. The molecule has 0 radical (unpaired) electrons. The Hall–Kier alpha value is -0.940. The quantitative estimate of drug-likeness (QED) is 0.831. The molecule has 0 spiro atoms. The molecule has 0 bridgehead atoms. The van der Waals surface area contributed by atoms with Gasteiger partial charge in [-0.15, -0.1) is 5.10 Å². The molecule has 1 aliphatic rings. The van der Waals surface area contributed by atoms with E-state index in [1.807, 2.05) is 13.2 Å². The molecule has 0 aromatic carbocycles. The lowest BCUT2D eigenvalue weighted by Gasteiger charge is -2.43. The van der Waals surface area contributed by atoms with Crippen LogP contribution in [0.3, 0.4) is 0 Å². The van der Waals surface area contributed by atoms with Gasteiger partial charge in [-0.2, -0.15) is 0 Å². The van der Waals surface area contributed by atoms with Gasteiger partial charge in [0, 0.05) is 32.3 Å². The molecular weight excluding hydrogens is 252 g/mol. The third-order valence-corrected chi connectivity index (χ3v) is 4.28. The van der Waals surface area contributed by atoms with Crippen molar-refractivity contribution in [2.75, 3.05) is 13.2 Å². The maximum atomic E-state index is 6.25. The standard InChI is InChI=1S/C15H28N4O/c1-4-16-14(11-13-12-19(3)18-17-13)15(20-5-2)9-7-6-8-10-15/h12,14,16H,4-11H2,1-3H3. The Morgan fingerprint density at radius 1 is 1.35 bits per heavy atom. The van der Waals surface area contributed by atoms with E-state index in [0.717, 1.165) is 38.1 Å². The van der Waals surface area contributed by atoms with Crippen LogP contribution >= 0.6 is 0 Å². The van der Waals surface area contributed by atoms with E-state index in [0.29, 0.717) is 6.04 Å². The first kappa shape index (κ1) is 15.4. The highest BCUT2D eigenvalue weighted by Gasteiger charge is 2.40. The van der Waals surface area contributed by atoms with Crippen LogP contribution < -0.4 is 5.32 Å². The van der Waals surface area contributed by atoms with Gasteiger partial charge in [0.15, 0.2) is 0 Å². The van der Waals surface area contributed by atoms with Gasteiger partial charge in [-0.3, -0.25) is 4.68 Å². The van der Waals surface area contributed by atoms with E-state index in [4.69, 9.17) is 4.74 Å². The molecule has 1 N–H and O–H groups in total. The fourth-order valence-corrected chi connectivity index (χ4v) is 3.42. The van der Waals surface area contributed by atoms with Crippen LogP contribution in [0.4, 0.5) is 0 Å². The van der Waals surface area contributed by atoms with Crippen LogP contribution in [0.1, 0.15) is 51.6 Å². The van der Waals surface area contributed by atoms with Gasteiger partial charge in [0.25, 0.3) is 0 Å². The van der Waals surface area contributed by atoms with Crippen molar-refractivity contribution < 1.29 is 4.74 Å². The first-order chi connectivity index (χ1) is 9.70. The van der Waals surface area contributed by atoms with Crippen LogP contribution in [0.25, 0.3) is 0 Å². The number of hydrogen-bond acceptors (Lipinski definition) is 4. The highest BCUT2D eigenvalue weighted by atomic mass is 16.5. The van der Waals surface area contributed by atoms with E-state index in [1.54, 1.807) is 4.68 Å². The van der Waals surface area contributed by atoms with E-state index in [2.05, 4.69) is 29.5 Å². The normalized spacial score (nSPS) is 19.9. The zero-order valence-electron chi connectivity index (χ0n) is 13.1. The van der Waals surface area contributed by atoms with E-state index >= 15 is 0 Å². The second-order valence-electron chi connectivity index (χ2n) is 5.76. The summed E-state index contributed by atoms with van der Waals surface area (Å²) in [4.78, 5) is 0. The average molecular weight is 280 g/mol. The Morgan fingerprint density at radius 3 is 2.65 bits per heavy atom. The van der Waals surface area contributed by atoms with Crippen LogP contribution in [0.5, 0.6) is 0 Å². The highest BCUT2D eigenvalue weighted by molar-refractivity contribution is 5.04. The molecule has 5 nitrogen and oxygen atoms in total. The number of nitrogens with zero attached hydrogens (tertiary/aromatic N) is 3. The van der Waals surface area contributed by atoms with Gasteiger partial charge in [0.1, 0.15) is 0 Å². The summed E-state index contributed by atoms with van der Waals surface area (Å²) in [5.41, 5.74) is 1.02. The molecule has 1 saturated carbocycles. The fourth-order valence-electron chi connectivity index (χ4n) is 3.42. The Labute approximate surface area is 122 Å². The zero-order valence-corrected chi connectivity index (χ0v) is 13.1. The summed E-state index contributed by atoms with van der Waals surface area (Å²) in [5.74, 6) is 0. The monoisotopic (exact) mass is 280 g/mol. The molecule has 1 aromatic rings. The van der Waals surface area contributed by atoms with Gasteiger partial charge in [-0.05, 0) is 26.3 Å². The predicted molar refractivity (Wildman–Crippen MR) is 79.6 cm³/mol. The molecule has 0 saturated heterocycles. The summed E-state index contributed by atoms with van der Waals surface area (Å²) in [7, 11) is 1.91. The molecule has 1 fully saturated rings. The largest absolute Gasteiger partial charge is 0.374 e. The van der Waals surface area contributed by atoms with Crippen LogP contribution in [-0.4, -0.2) is 39.8 Å².